The van der Waals surface area contributed by atoms with Gasteiger partial charge in [-0.1, -0.05) is 29.3 Å². The Kier molecular flexibility index (Phi) is 6.14. The summed E-state index contributed by atoms with van der Waals surface area (Å²) in [4.78, 5) is 4.25. The van der Waals surface area contributed by atoms with Crippen LogP contribution in [0.15, 0.2) is 29.5 Å². The van der Waals surface area contributed by atoms with Crippen molar-refractivity contribution in [1.29, 1.82) is 0 Å². The van der Waals surface area contributed by atoms with Gasteiger partial charge in [-0.15, -0.1) is 10.2 Å². The normalized spacial score (nSPS) is 11.6. The van der Waals surface area contributed by atoms with E-state index < -0.39 is 0 Å². The molecule has 0 atom stereocenters. The monoisotopic (exact) mass is 314 g/mol. The Morgan fingerprint density at radius 3 is 2.57 bits per heavy atom. The van der Waals surface area contributed by atoms with Gasteiger partial charge in [0.25, 0.3) is 0 Å². The summed E-state index contributed by atoms with van der Waals surface area (Å²) < 4.78 is 2.01. The van der Waals surface area contributed by atoms with Gasteiger partial charge in [0, 0.05) is 20.1 Å². The fraction of sp³-hybridized carbons (Fsp3) is 0.471. The topological polar surface area (TPSA) is 67.1 Å². The second-order valence-corrected chi connectivity index (χ2v) is 5.63. The van der Waals surface area contributed by atoms with Gasteiger partial charge in [-0.25, -0.2) is 0 Å². The van der Waals surface area contributed by atoms with E-state index >= 15 is 0 Å². The van der Waals surface area contributed by atoms with Gasteiger partial charge in [0.2, 0.25) is 0 Å². The first-order chi connectivity index (χ1) is 11.1. The molecule has 0 saturated carbocycles. The van der Waals surface area contributed by atoms with Crippen molar-refractivity contribution in [1.82, 2.24) is 25.4 Å². The van der Waals surface area contributed by atoms with Crippen molar-refractivity contribution < 1.29 is 0 Å². The van der Waals surface area contributed by atoms with Crippen molar-refractivity contribution in [3.05, 3.63) is 47.0 Å². The average molecular weight is 314 g/mol. The average Bonchev–Trinajstić information content (AvgIpc) is 2.97. The van der Waals surface area contributed by atoms with Crippen molar-refractivity contribution in [2.45, 2.75) is 40.3 Å². The van der Waals surface area contributed by atoms with Crippen LogP contribution in [0.2, 0.25) is 0 Å². The van der Waals surface area contributed by atoms with Crippen LogP contribution in [0.4, 0.5) is 0 Å². The van der Waals surface area contributed by atoms with Gasteiger partial charge in [-0.3, -0.25) is 4.99 Å². The molecule has 0 aliphatic carbocycles. The molecule has 1 aromatic carbocycles. The summed E-state index contributed by atoms with van der Waals surface area (Å²) in [6.45, 7) is 8.65. The fourth-order valence-electron chi connectivity index (χ4n) is 2.60. The van der Waals surface area contributed by atoms with Gasteiger partial charge in [0.05, 0.1) is 6.54 Å². The predicted octanol–water partition coefficient (Wildman–Crippen LogP) is 1.82. The number of aryl methyl sites for hydroxylation is 3. The van der Waals surface area contributed by atoms with Crippen LogP contribution in [0.1, 0.15) is 29.4 Å². The molecule has 0 bridgehead atoms. The first kappa shape index (κ1) is 17.0. The van der Waals surface area contributed by atoms with Gasteiger partial charge >= 0.3 is 0 Å². The third kappa shape index (κ3) is 5.09. The lowest BCUT2D eigenvalue weighted by Crippen LogP contribution is -2.38. The molecule has 0 unspecified atom stereocenters. The van der Waals surface area contributed by atoms with Gasteiger partial charge in [0.15, 0.2) is 11.8 Å². The van der Waals surface area contributed by atoms with Gasteiger partial charge in [-0.2, -0.15) is 0 Å². The minimum absolute atomic E-state index is 0.608. The minimum atomic E-state index is 0.608. The zero-order chi connectivity index (χ0) is 16.7. The Hall–Kier alpha value is -2.37. The number of nitrogens with zero attached hydrogens (tertiary/aromatic N) is 4. The molecule has 0 saturated heterocycles. The lowest BCUT2D eigenvalue weighted by Gasteiger charge is -2.12. The molecule has 0 amide bonds. The van der Waals surface area contributed by atoms with Crippen molar-refractivity contribution in [3.63, 3.8) is 0 Å². The predicted molar refractivity (Wildman–Crippen MR) is 93.5 cm³/mol. The second-order valence-electron chi connectivity index (χ2n) is 5.63. The number of hydrogen-bond donors (Lipinski definition) is 2. The molecule has 0 fully saturated rings. The maximum Gasteiger partial charge on any atom is 0.191 e. The Morgan fingerprint density at radius 1 is 1.17 bits per heavy atom. The zero-order valence-corrected chi connectivity index (χ0v) is 14.4. The number of rotatable bonds is 6. The standard InChI is InChI=1S/C17H26N6/c1-5-23-12-21-22-16(23)11-20-17(18-4)19-7-6-15-9-13(2)8-14(3)10-15/h8-10,12H,5-7,11H2,1-4H3,(H2,18,19,20). The number of benzene rings is 1. The van der Waals surface area contributed by atoms with E-state index in [0.717, 1.165) is 31.3 Å². The summed E-state index contributed by atoms with van der Waals surface area (Å²) in [5, 5.41) is 14.6. The molecular weight excluding hydrogens is 288 g/mol. The first-order valence-electron chi connectivity index (χ1n) is 8.00. The lowest BCUT2D eigenvalue weighted by molar-refractivity contribution is 0.669. The number of hydrogen-bond acceptors (Lipinski definition) is 3. The van der Waals surface area contributed by atoms with E-state index in [9.17, 15) is 0 Å². The molecule has 0 radical (unpaired) electrons. The van der Waals surface area contributed by atoms with E-state index in [1.54, 1.807) is 13.4 Å². The maximum absolute atomic E-state index is 4.25. The molecule has 6 nitrogen and oxygen atoms in total. The van der Waals surface area contributed by atoms with E-state index in [4.69, 9.17) is 0 Å². The quantitative estimate of drug-likeness (QED) is 0.630. The van der Waals surface area contributed by atoms with Crippen LogP contribution < -0.4 is 10.6 Å². The largest absolute Gasteiger partial charge is 0.356 e. The molecule has 2 aromatic rings. The van der Waals surface area contributed by atoms with E-state index in [1.807, 2.05) is 4.57 Å². The molecule has 2 N–H and O–H groups in total. The smallest absolute Gasteiger partial charge is 0.191 e. The molecule has 2 rings (SSSR count). The van der Waals surface area contributed by atoms with Crippen LogP contribution in [0.25, 0.3) is 0 Å². The Labute approximate surface area is 138 Å². The van der Waals surface area contributed by atoms with E-state index in [2.05, 4.69) is 64.8 Å². The molecular formula is C17H26N6. The summed E-state index contributed by atoms with van der Waals surface area (Å²) in [6, 6.07) is 6.66. The third-order valence-corrected chi connectivity index (χ3v) is 3.66. The zero-order valence-electron chi connectivity index (χ0n) is 14.4. The summed E-state index contributed by atoms with van der Waals surface area (Å²) >= 11 is 0. The lowest BCUT2D eigenvalue weighted by atomic mass is 10.1. The Morgan fingerprint density at radius 2 is 1.91 bits per heavy atom. The van der Waals surface area contributed by atoms with Crippen LogP contribution >= 0.6 is 0 Å². The third-order valence-electron chi connectivity index (χ3n) is 3.66. The summed E-state index contributed by atoms with van der Waals surface area (Å²) in [7, 11) is 1.77. The Bertz CT molecular complexity index is 639. The Balaban J connectivity index is 1.81. The maximum atomic E-state index is 4.25. The number of aromatic nitrogens is 3. The van der Waals surface area contributed by atoms with Crippen LogP contribution in [0.3, 0.4) is 0 Å². The summed E-state index contributed by atoms with van der Waals surface area (Å²) in [6.07, 6.45) is 2.71. The minimum Gasteiger partial charge on any atom is -0.356 e. The number of guanidine groups is 1. The summed E-state index contributed by atoms with van der Waals surface area (Å²) in [5.74, 6) is 1.68. The van der Waals surface area contributed by atoms with E-state index in [1.165, 1.54) is 16.7 Å². The highest BCUT2D eigenvalue weighted by atomic mass is 15.3. The highest BCUT2D eigenvalue weighted by Crippen LogP contribution is 2.08. The van der Waals surface area contributed by atoms with Crippen LogP contribution in [-0.4, -0.2) is 34.3 Å². The van der Waals surface area contributed by atoms with Gasteiger partial charge < -0.3 is 15.2 Å². The first-order valence-corrected chi connectivity index (χ1v) is 8.00. The molecule has 0 aliphatic rings. The molecule has 1 aromatic heterocycles. The highest BCUT2D eigenvalue weighted by molar-refractivity contribution is 5.79. The number of aliphatic imine (C=N–C) groups is 1. The fourth-order valence-corrected chi connectivity index (χ4v) is 2.60. The van der Waals surface area contributed by atoms with Crippen molar-refractivity contribution in [2.75, 3.05) is 13.6 Å². The summed E-state index contributed by atoms with van der Waals surface area (Å²) in [5.41, 5.74) is 3.96. The SMILES string of the molecule is CCn1cnnc1CNC(=NC)NCCc1cc(C)cc(C)c1. The molecule has 6 heteroatoms. The van der Waals surface area contributed by atoms with Gasteiger partial charge in [0.1, 0.15) is 6.33 Å². The van der Waals surface area contributed by atoms with Crippen molar-refractivity contribution >= 4 is 5.96 Å². The van der Waals surface area contributed by atoms with Crippen molar-refractivity contribution in [3.8, 4) is 0 Å². The molecule has 1 heterocycles. The van der Waals surface area contributed by atoms with E-state index in [-0.39, 0.29) is 0 Å². The van der Waals surface area contributed by atoms with E-state index in [0.29, 0.717) is 6.54 Å². The molecule has 0 aliphatic heterocycles. The van der Waals surface area contributed by atoms with Crippen LogP contribution in [-0.2, 0) is 19.5 Å². The highest BCUT2D eigenvalue weighted by Gasteiger charge is 2.04. The van der Waals surface area contributed by atoms with Crippen LogP contribution in [0.5, 0.6) is 0 Å². The second kappa shape index (κ2) is 8.31. The molecule has 0 spiro atoms. The molecule has 124 valence electrons. The van der Waals surface area contributed by atoms with Crippen LogP contribution in [0, 0.1) is 13.8 Å². The van der Waals surface area contributed by atoms with Crippen molar-refractivity contribution in [2.24, 2.45) is 4.99 Å². The molecule has 23 heavy (non-hydrogen) atoms. The number of nitrogens with one attached hydrogen (secondary N) is 2. The van der Waals surface area contributed by atoms with Gasteiger partial charge in [-0.05, 0) is 32.8 Å².